The van der Waals surface area contributed by atoms with E-state index < -0.39 is 108 Å². The summed E-state index contributed by atoms with van der Waals surface area (Å²) in [7, 11) is 3.69. The zero-order chi connectivity index (χ0) is 42.9. The fourth-order valence-electron chi connectivity index (χ4n) is 9.35. The maximum atomic E-state index is 14.5. The number of fused-ring (bicyclic) bond motifs is 4. The fourth-order valence-corrected chi connectivity index (χ4v) is 9.55. The number of hydrogen-bond acceptors (Lipinski definition) is 15. The van der Waals surface area contributed by atoms with Gasteiger partial charge in [0, 0.05) is 22.9 Å². The second-order valence-electron chi connectivity index (χ2n) is 16.9. The molecule has 0 radical (unpaired) electrons. The first kappa shape index (κ1) is 45.6. The lowest BCUT2D eigenvalue weighted by Gasteiger charge is -2.47. The van der Waals surface area contributed by atoms with Crippen LogP contribution in [0.5, 0.6) is 0 Å². The van der Waals surface area contributed by atoms with Gasteiger partial charge in [-0.25, -0.2) is 14.4 Å². The third-order valence-corrected chi connectivity index (χ3v) is 12.4. The van der Waals surface area contributed by atoms with Crippen LogP contribution in [0.25, 0.3) is 0 Å². The van der Waals surface area contributed by atoms with E-state index in [0.717, 1.165) is 0 Å². The molecule has 4 aliphatic rings. The van der Waals surface area contributed by atoms with Gasteiger partial charge in [-0.15, -0.1) is 6.58 Å². The standard InChI is InChI=1S/C42H60ClNO14/c1-12-17-50-33(26-15-14-16-27(43)19-26)37(47)53-32-24(6)34(55-38-30(45)28(44(10)11)18-22(4)51-38)41(8)20-21(3)31(54-39(48)57-41)23(5)35-42(9,58-40(49)56-35)29(13-2)52-36(46)25(32)7/h12,14-16,19,21-25,28-35,38,45H,1,13,17-18,20H2,2-11H3/t21-,22+,23+,24+,25-,28-,29-,30+,31?,32+,33?,34-,35-,38-,41-,42-/m1/s1. The molecule has 324 valence electrons. The van der Waals surface area contributed by atoms with E-state index in [4.69, 9.17) is 54.2 Å². The Balaban J connectivity index is 1.67. The summed E-state index contributed by atoms with van der Waals surface area (Å²) in [5, 5.41) is 12.0. The molecule has 2 bridgehead atoms. The van der Waals surface area contributed by atoms with E-state index in [2.05, 4.69) is 6.58 Å². The maximum Gasteiger partial charge on any atom is 0.509 e. The fraction of sp³-hybridized carbons (Fsp3) is 0.714. The van der Waals surface area contributed by atoms with Crippen molar-refractivity contribution in [2.24, 2.45) is 23.7 Å². The third-order valence-electron chi connectivity index (χ3n) is 12.2. The van der Waals surface area contributed by atoms with Crippen LogP contribution in [-0.2, 0) is 52.2 Å². The summed E-state index contributed by atoms with van der Waals surface area (Å²) in [6.07, 6.45) is -9.17. The number of cyclic esters (lactones) is 1. The van der Waals surface area contributed by atoms with Crippen molar-refractivity contribution < 1.29 is 66.9 Å². The van der Waals surface area contributed by atoms with E-state index in [0.29, 0.717) is 17.0 Å². The van der Waals surface area contributed by atoms with E-state index in [1.54, 1.807) is 65.8 Å². The van der Waals surface area contributed by atoms with E-state index in [9.17, 15) is 24.3 Å². The number of nitrogens with zero attached hydrogens (tertiary/aromatic N) is 1. The van der Waals surface area contributed by atoms with E-state index in [-0.39, 0.29) is 31.6 Å². The van der Waals surface area contributed by atoms with Gasteiger partial charge in [0.25, 0.3) is 0 Å². The topological polar surface area (TPSA) is 175 Å². The van der Waals surface area contributed by atoms with Crippen LogP contribution in [0.2, 0.25) is 5.02 Å². The number of hydrogen-bond donors (Lipinski definition) is 1. The highest BCUT2D eigenvalue weighted by Gasteiger charge is 2.61. The quantitative estimate of drug-likeness (QED) is 0.161. The van der Waals surface area contributed by atoms with Crippen LogP contribution in [0.3, 0.4) is 0 Å². The molecule has 0 saturated carbocycles. The molecule has 4 heterocycles. The smallest absolute Gasteiger partial charge is 0.459 e. The number of aliphatic hydroxyl groups is 1. The van der Waals surface area contributed by atoms with Crippen molar-refractivity contribution in [2.75, 3.05) is 20.7 Å². The minimum Gasteiger partial charge on any atom is -0.459 e. The number of carbonyl (C=O) groups excluding carboxylic acids is 4. The Hall–Kier alpha value is -3.47. The average Bonchev–Trinajstić information content (AvgIpc) is 3.41. The number of aliphatic hydroxyl groups excluding tert-OH is 1. The molecule has 4 saturated heterocycles. The Morgan fingerprint density at radius 3 is 2.38 bits per heavy atom. The SMILES string of the molecule is C=CCOC(C(=O)O[C@H]1[C@H](C)[C@@H](O[C@H]2O[C@@H](C)C[C@@H](N(C)C)[C@@H]2O)[C@@]2(C)C[C@@H](C)C(OC(=O)O2)[C@H](C)[C@H]2OC(=O)O[C@]2(C)[C@@H](CC)OC(=O)[C@@H]1C)c1cccc(Cl)c1. The number of ether oxygens (including phenoxy) is 9. The molecule has 58 heavy (non-hydrogen) atoms. The lowest BCUT2D eigenvalue weighted by atomic mass is 9.73. The van der Waals surface area contributed by atoms with Crippen LogP contribution < -0.4 is 0 Å². The lowest BCUT2D eigenvalue weighted by Crippen LogP contribution is -2.60. The Morgan fingerprint density at radius 1 is 1.05 bits per heavy atom. The third kappa shape index (κ3) is 9.44. The summed E-state index contributed by atoms with van der Waals surface area (Å²) in [6.45, 7) is 17.5. The number of benzene rings is 1. The van der Waals surface area contributed by atoms with Gasteiger partial charge in [-0.3, -0.25) is 4.79 Å². The summed E-state index contributed by atoms with van der Waals surface area (Å²) in [4.78, 5) is 57.5. The highest BCUT2D eigenvalue weighted by molar-refractivity contribution is 6.30. The van der Waals surface area contributed by atoms with Crippen LogP contribution in [-0.4, -0.2) is 121 Å². The monoisotopic (exact) mass is 837 g/mol. The van der Waals surface area contributed by atoms with E-state index in [1.807, 2.05) is 32.8 Å². The zero-order valence-electron chi connectivity index (χ0n) is 35.1. The molecule has 15 nitrogen and oxygen atoms in total. The zero-order valence-corrected chi connectivity index (χ0v) is 35.8. The van der Waals surface area contributed by atoms with Gasteiger partial charge in [-0.1, -0.05) is 57.5 Å². The van der Waals surface area contributed by atoms with Crippen molar-refractivity contribution in [3.63, 3.8) is 0 Å². The van der Waals surface area contributed by atoms with Crippen LogP contribution in [0.15, 0.2) is 36.9 Å². The highest BCUT2D eigenvalue weighted by Crippen LogP contribution is 2.46. The minimum atomic E-state index is -1.55. The van der Waals surface area contributed by atoms with E-state index in [1.165, 1.54) is 6.08 Å². The Bertz CT molecular complexity index is 1660. The molecule has 5 rings (SSSR count). The number of halogens is 1. The van der Waals surface area contributed by atoms with Crippen molar-refractivity contribution in [3.05, 3.63) is 47.5 Å². The molecule has 16 heteroatoms. The van der Waals surface area contributed by atoms with Crippen molar-refractivity contribution >= 4 is 35.9 Å². The predicted octanol–water partition coefficient (Wildman–Crippen LogP) is 6.16. The van der Waals surface area contributed by atoms with Gasteiger partial charge in [-0.2, -0.15) is 0 Å². The van der Waals surface area contributed by atoms with Gasteiger partial charge in [0.2, 0.25) is 0 Å². The molecule has 2 unspecified atom stereocenters. The van der Waals surface area contributed by atoms with Crippen molar-refractivity contribution in [1.82, 2.24) is 4.90 Å². The van der Waals surface area contributed by atoms with Gasteiger partial charge in [0.05, 0.1) is 18.6 Å². The molecule has 0 amide bonds. The molecule has 0 aromatic heterocycles. The first-order valence-electron chi connectivity index (χ1n) is 20.1. The van der Waals surface area contributed by atoms with Gasteiger partial charge in [0.1, 0.15) is 36.1 Å². The van der Waals surface area contributed by atoms with E-state index >= 15 is 0 Å². The van der Waals surface area contributed by atoms with Crippen LogP contribution in [0, 0.1) is 23.7 Å². The molecule has 1 aromatic carbocycles. The molecule has 16 atom stereocenters. The second kappa shape index (κ2) is 18.4. The average molecular weight is 838 g/mol. The molecular weight excluding hydrogens is 778 g/mol. The number of rotatable bonds is 10. The summed E-state index contributed by atoms with van der Waals surface area (Å²) >= 11 is 6.33. The van der Waals surface area contributed by atoms with Crippen molar-refractivity contribution in [3.8, 4) is 0 Å². The molecular formula is C42H60ClNO14. The highest BCUT2D eigenvalue weighted by atomic mass is 35.5. The Kier molecular flexibility index (Phi) is 14.5. The van der Waals surface area contributed by atoms with Gasteiger partial charge in [-0.05, 0) is 84.7 Å². The normalized spacial score (nSPS) is 40.1. The minimum absolute atomic E-state index is 0.0256. The summed E-state index contributed by atoms with van der Waals surface area (Å²) in [5.74, 6) is -4.95. The van der Waals surface area contributed by atoms with Crippen LogP contribution >= 0.6 is 11.6 Å². The number of esters is 2. The molecule has 4 fully saturated rings. The first-order chi connectivity index (χ1) is 27.2. The van der Waals surface area contributed by atoms with Gasteiger partial charge < -0.3 is 52.6 Å². The molecule has 0 aliphatic carbocycles. The Morgan fingerprint density at radius 2 is 1.74 bits per heavy atom. The van der Waals surface area contributed by atoms with Crippen molar-refractivity contribution in [2.45, 2.75) is 147 Å². The first-order valence-corrected chi connectivity index (χ1v) is 20.5. The van der Waals surface area contributed by atoms with Crippen LogP contribution in [0.4, 0.5) is 9.59 Å². The molecule has 1 N–H and O–H groups in total. The molecule has 1 aromatic rings. The lowest BCUT2D eigenvalue weighted by molar-refractivity contribution is -0.299. The summed E-state index contributed by atoms with van der Waals surface area (Å²) in [5.41, 5.74) is -2.66. The molecule has 4 aliphatic heterocycles. The second-order valence-corrected chi connectivity index (χ2v) is 17.4. The summed E-state index contributed by atoms with van der Waals surface area (Å²) < 4.78 is 55.3. The maximum absolute atomic E-state index is 14.5. The van der Waals surface area contributed by atoms with Gasteiger partial charge in [0.15, 0.2) is 24.1 Å². The number of likely N-dealkylation sites (N-methyl/N-ethyl adjacent to an activating group) is 1. The number of carbonyl (C=O) groups is 4. The van der Waals surface area contributed by atoms with Crippen LogP contribution in [0.1, 0.15) is 86.3 Å². The Labute approximate surface area is 345 Å². The van der Waals surface area contributed by atoms with Crippen molar-refractivity contribution in [1.29, 1.82) is 0 Å². The molecule has 0 spiro atoms. The predicted molar refractivity (Wildman–Crippen MR) is 208 cm³/mol. The largest absolute Gasteiger partial charge is 0.509 e. The summed E-state index contributed by atoms with van der Waals surface area (Å²) in [6, 6.07) is 6.18. The van der Waals surface area contributed by atoms with Gasteiger partial charge >= 0.3 is 24.2 Å².